The van der Waals surface area contributed by atoms with Gasteiger partial charge in [-0.2, -0.15) is 0 Å². The summed E-state index contributed by atoms with van der Waals surface area (Å²) in [5.41, 5.74) is 1.25. The van der Waals surface area contributed by atoms with Gasteiger partial charge in [0.05, 0.1) is 19.0 Å². The summed E-state index contributed by atoms with van der Waals surface area (Å²) < 4.78 is 5.94. The smallest absolute Gasteiger partial charge is 0.227 e. The fourth-order valence-electron chi connectivity index (χ4n) is 3.20. The number of ether oxygens (including phenoxy) is 1. The number of rotatable bonds is 4. The zero-order valence-corrected chi connectivity index (χ0v) is 13.8. The van der Waals surface area contributed by atoms with Crippen LogP contribution in [-0.2, 0) is 16.0 Å². The highest BCUT2D eigenvalue weighted by atomic mass is 16.5. The van der Waals surface area contributed by atoms with Crippen molar-refractivity contribution in [2.45, 2.75) is 32.3 Å². The van der Waals surface area contributed by atoms with E-state index in [0.29, 0.717) is 32.5 Å². The molecule has 0 saturated carbocycles. The van der Waals surface area contributed by atoms with Crippen molar-refractivity contribution in [3.63, 3.8) is 0 Å². The van der Waals surface area contributed by atoms with Crippen LogP contribution in [0.4, 0.5) is 0 Å². The van der Waals surface area contributed by atoms with Crippen LogP contribution in [0.2, 0.25) is 0 Å². The fraction of sp³-hybridized carbons (Fsp3) is 0.556. The highest BCUT2D eigenvalue weighted by molar-refractivity contribution is 5.84. The van der Waals surface area contributed by atoms with Crippen LogP contribution in [0.3, 0.4) is 0 Å². The molecule has 2 aliphatic heterocycles. The Balaban J connectivity index is 1.48. The lowest BCUT2D eigenvalue weighted by atomic mass is 9.95. The summed E-state index contributed by atoms with van der Waals surface area (Å²) in [6.07, 6.45) is 2.21. The normalized spacial score (nSPS) is 22.0. The highest BCUT2D eigenvalue weighted by Crippen LogP contribution is 2.24. The Morgan fingerprint density at radius 3 is 2.78 bits per heavy atom. The van der Waals surface area contributed by atoms with Gasteiger partial charge in [-0.15, -0.1) is 0 Å². The van der Waals surface area contributed by atoms with E-state index in [-0.39, 0.29) is 23.8 Å². The van der Waals surface area contributed by atoms with Crippen LogP contribution in [0.1, 0.15) is 25.3 Å². The molecule has 2 aliphatic rings. The van der Waals surface area contributed by atoms with Crippen molar-refractivity contribution < 1.29 is 14.3 Å². The van der Waals surface area contributed by atoms with Gasteiger partial charge in [0, 0.05) is 20.0 Å². The maximum absolute atomic E-state index is 12.5. The summed E-state index contributed by atoms with van der Waals surface area (Å²) in [5, 5.41) is 0. The molecule has 3 rings (SSSR count). The molecule has 0 bridgehead atoms. The van der Waals surface area contributed by atoms with Gasteiger partial charge in [0.2, 0.25) is 11.8 Å². The lowest BCUT2D eigenvalue weighted by Crippen LogP contribution is -2.59. The van der Waals surface area contributed by atoms with Gasteiger partial charge in [0.1, 0.15) is 11.9 Å². The average Bonchev–Trinajstić information content (AvgIpc) is 2.52. The number of hydrogen-bond acceptors (Lipinski definition) is 3. The number of hydrogen-bond donors (Lipinski definition) is 0. The van der Waals surface area contributed by atoms with Crippen molar-refractivity contribution >= 4 is 11.8 Å². The molecular weight excluding hydrogens is 292 g/mol. The van der Waals surface area contributed by atoms with Crippen LogP contribution in [0, 0.1) is 5.92 Å². The molecule has 0 aromatic heterocycles. The van der Waals surface area contributed by atoms with E-state index < -0.39 is 0 Å². The second kappa shape index (κ2) is 6.60. The summed E-state index contributed by atoms with van der Waals surface area (Å²) in [6.45, 7) is 3.94. The third-order valence-electron chi connectivity index (χ3n) is 4.75. The van der Waals surface area contributed by atoms with E-state index in [4.69, 9.17) is 4.74 Å². The number of piperidine rings is 1. The summed E-state index contributed by atoms with van der Waals surface area (Å²) in [7, 11) is 1.77. The molecule has 124 valence electrons. The van der Waals surface area contributed by atoms with E-state index in [1.165, 1.54) is 5.56 Å². The van der Waals surface area contributed by atoms with Gasteiger partial charge in [0.15, 0.2) is 0 Å². The highest BCUT2D eigenvalue weighted by Gasteiger charge is 2.38. The molecule has 0 radical (unpaired) electrons. The van der Waals surface area contributed by atoms with E-state index in [2.05, 4.69) is 19.1 Å². The van der Waals surface area contributed by atoms with Gasteiger partial charge in [-0.25, -0.2) is 0 Å². The fourth-order valence-corrected chi connectivity index (χ4v) is 3.20. The molecule has 2 amide bonds. The minimum absolute atomic E-state index is 0.0536. The first kappa shape index (κ1) is 15.8. The summed E-state index contributed by atoms with van der Waals surface area (Å²) >= 11 is 0. The van der Waals surface area contributed by atoms with Crippen molar-refractivity contribution in [1.82, 2.24) is 9.80 Å². The molecule has 0 aliphatic carbocycles. The quantitative estimate of drug-likeness (QED) is 0.849. The van der Waals surface area contributed by atoms with Crippen LogP contribution < -0.4 is 4.74 Å². The molecule has 0 spiro atoms. The van der Waals surface area contributed by atoms with Crippen molar-refractivity contribution in [1.29, 1.82) is 0 Å². The number of likely N-dealkylation sites (tertiary alicyclic amines) is 2. The summed E-state index contributed by atoms with van der Waals surface area (Å²) in [5.74, 6) is 1.12. The van der Waals surface area contributed by atoms with Gasteiger partial charge in [-0.3, -0.25) is 9.59 Å². The molecule has 0 N–H and O–H groups in total. The topological polar surface area (TPSA) is 49.9 Å². The second-order valence-electron chi connectivity index (χ2n) is 6.49. The van der Waals surface area contributed by atoms with E-state index in [1.54, 1.807) is 11.9 Å². The zero-order valence-electron chi connectivity index (χ0n) is 13.8. The molecule has 0 unspecified atom stereocenters. The van der Waals surface area contributed by atoms with Crippen LogP contribution in [0.25, 0.3) is 0 Å². The lowest BCUT2D eigenvalue weighted by molar-refractivity contribution is -0.148. The predicted octanol–water partition coefficient (Wildman–Crippen LogP) is 1.71. The Morgan fingerprint density at radius 1 is 1.30 bits per heavy atom. The summed E-state index contributed by atoms with van der Waals surface area (Å²) in [6, 6.07) is 8.12. The Labute approximate surface area is 137 Å². The Hall–Kier alpha value is -2.04. The van der Waals surface area contributed by atoms with Crippen molar-refractivity contribution in [3.05, 3.63) is 29.8 Å². The minimum Gasteiger partial charge on any atom is -0.487 e. The molecule has 2 fully saturated rings. The average molecular weight is 316 g/mol. The van der Waals surface area contributed by atoms with Crippen molar-refractivity contribution in [2.24, 2.45) is 5.92 Å². The molecule has 5 heteroatoms. The second-order valence-corrected chi connectivity index (χ2v) is 6.49. The third-order valence-corrected chi connectivity index (χ3v) is 4.75. The van der Waals surface area contributed by atoms with E-state index >= 15 is 0 Å². The monoisotopic (exact) mass is 316 g/mol. The van der Waals surface area contributed by atoms with E-state index in [1.807, 2.05) is 17.0 Å². The Morgan fingerprint density at radius 2 is 2.09 bits per heavy atom. The van der Waals surface area contributed by atoms with Crippen LogP contribution in [0.5, 0.6) is 5.75 Å². The first-order valence-corrected chi connectivity index (χ1v) is 8.35. The molecular formula is C18H24N2O3. The van der Waals surface area contributed by atoms with Crippen molar-refractivity contribution in [2.75, 3.05) is 26.7 Å². The van der Waals surface area contributed by atoms with Gasteiger partial charge in [-0.1, -0.05) is 19.1 Å². The van der Waals surface area contributed by atoms with Gasteiger partial charge < -0.3 is 14.5 Å². The van der Waals surface area contributed by atoms with Crippen molar-refractivity contribution in [3.8, 4) is 5.75 Å². The van der Waals surface area contributed by atoms with Crippen LogP contribution in [-0.4, -0.2) is 54.4 Å². The maximum atomic E-state index is 12.5. The number of carbonyl (C=O) groups excluding carboxylic acids is 2. The molecule has 2 heterocycles. The maximum Gasteiger partial charge on any atom is 0.227 e. The first-order valence-electron chi connectivity index (χ1n) is 8.35. The standard InChI is InChI=1S/C18H24N2O3/c1-3-13-5-4-6-15(9-13)23-16-11-20(12-16)18(22)14-7-8-17(21)19(2)10-14/h4-6,9,14,16H,3,7-8,10-12H2,1-2H3/t14-/m1/s1. The molecule has 23 heavy (non-hydrogen) atoms. The molecule has 1 aromatic rings. The molecule has 5 nitrogen and oxygen atoms in total. The first-order chi connectivity index (χ1) is 11.1. The van der Waals surface area contributed by atoms with E-state index in [9.17, 15) is 9.59 Å². The number of amides is 2. The molecule has 1 aromatic carbocycles. The van der Waals surface area contributed by atoms with Crippen LogP contribution >= 0.6 is 0 Å². The number of benzene rings is 1. The molecule has 1 atom stereocenters. The van der Waals surface area contributed by atoms with Crippen LogP contribution in [0.15, 0.2) is 24.3 Å². The zero-order chi connectivity index (χ0) is 16.4. The Bertz CT molecular complexity index is 596. The molecule has 2 saturated heterocycles. The lowest BCUT2D eigenvalue weighted by Gasteiger charge is -2.42. The minimum atomic E-state index is -0.0536. The van der Waals surface area contributed by atoms with Gasteiger partial charge in [0.25, 0.3) is 0 Å². The van der Waals surface area contributed by atoms with Gasteiger partial charge in [-0.05, 0) is 30.5 Å². The predicted molar refractivity (Wildman–Crippen MR) is 87.2 cm³/mol. The SMILES string of the molecule is CCc1cccc(OC2CN(C(=O)[C@@H]3CCC(=O)N(C)C3)C2)c1. The van der Waals surface area contributed by atoms with Gasteiger partial charge >= 0.3 is 0 Å². The van der Waals surface area contributed by atoms with E-state index in [0.717, 1.165) is 12.2 Å². The Kier molecular flexibility index (Phi) is 4.55. The third kappa shape index (κ3) is 3.49. The number of nitrogens with zero attached hydrogens (tertiary/aromatic N) is 2. The number of aryl methyl sites for hydroxylation is 1. The number of carbonyl (C=O) groups is 2. The largest absolute Gasteiger partial charge is 0.487 e. The summed E-state index contributed by atoms with van der Waals surface area (Å²) in [4.78, 5) is 27.5.